The van der Waals surface area contributed by atoms with E-state index in [9.17, 15) is 9.18 Å². The van der Waals surface area contributed by atoms with Gasteiger partial charge in [0.1, 0.15) is 5.82 Å². The molecule has 1 aliphatic carbocycles. The van der Waals surface area contributed by atoms with Crippen molar-refractivity contribution in [2.24, 2.45) is 0 Å². The highest BCUT2D eigenvalue weighted by Crippen LogP contribution is 2.31. The van der Waals surface area contributed by atoms with Gasteiger partial charge in [0, 0.05) is 0 Å². The SMILES string of the molecule is Cc1nn(-c2ccc(F)cc2)c(C)c1C(=O)NC1CCc2ccccc21. The zero-order valence-corrected chi connectivity index (χ0v) is 14.8. The zero-order valence-electron chi connectivity index (χ0n) is 14.8. The summed E-state index contributed by atoms with van der Waals surface area (Å²) in [5.41, 5.74) is 5.22. The number of nitrogens with one attached hydrogen (secondary N) is 1. The summed E-state index contributed by atoms with van der Waals surface area (Å²) in [6.45, 7) is 3.69. The Kier molecular flexibility index (Phi) is 4.07. The van der Waals surface area contributed by atoms with Crippen molar-refractivity contribution in [3.05, 3.63) is 82.4 Å². The Hall–Kier alpha value is -2.95. The van der Waals surface area contributed by atoms with E-state index in [-0.39, 0.29) is 17.8 Å². The number of benzene rings is 2. The number of aryl methyl sites for hydroxylation is 2. The number of nitrogens with zero attached hydrogens (tertiary/aromatic N) is 2. The lowest BCUT2D eigenvalue weighted by Gasteiger charge is -2.14. The first kappa shape index (κ1) is 16.5. The molecule has 2 aromatic carbocycles. The fourth-order valence-electron chi connectivity index (χ4n) is 3.74. The van der Waals surface area contributed by atoms with Gasteiger partial charge in [-0.15, -0.1) is 0 Å². The van der Waals surface area contributed by atoms with Crippen molar-refractivity contribution in [1.29, 1.82) is 0 Å². The standard InChI is InChI=1S/C21H20FN3O/c1-13-20(14(2)25(24-13)17-10-8-16(22)9-11-17)21(26)23-19-12-7-15-5-3-4-6-18(15)19/h3-6,8-11,19H,7,12H2,1-2H3,(H,23,26). The van der Waals surface area contributed by atoms with Gasteiger partial charge in [-0.25, -0.2) is 9.07 Å². The Balaban J connectivity index is 1.62. The van der Waals surface area contributed by atoms with Gasteiger partial charge in [-0.2, -0.15) is 5.10 Å². The van der Waals surface area contributed by atoms with E-state index in [4.69, 9.17) is 0 Å². The molecule has 1 amide bonds. The molecule has 4 nitrogen and oxygen atoms in total. The van der Waals surface area contributed by atoms with Crippen LogP contribution >= 0.6 is 0 Å². The molecular weight excluding hydrogens is 329 g/mol. The average Bonchev–Trinajstić information content (AvgIpc) is 3.16. The molecule has 1 aliphatic rings. The van der Waals surface area contributed by atoms with Crippen LogP contribution in [0.15, 0.2) is 48.5 Å². The summed E-state index contributed by atoms with van der Waals surface area (Å²) < 4.78 is 14.9. The van der Waals surface area contributed by atoms with Gasteiger partial charge in [-0.05, 0) is 62.1 Å². The Morgan fingerprint density at radius 1 is 1.15 bits per heavy atom. The van der Waals surface area contributed by atoms with E-state index in [1.807, 2.05) is 26.0 Å². The number of hydrogen-bond donors (Lipinski definition) is 1. The summed E-state index contributed by atoms with van der Waals surface area (Å²) in [4.78, 5) is 12.9. The van der Waals surface area contributed by atoms with Crippen molar-refractivity contribution in [2.75, 3.05) is 0 Å². The summed E-state index contributed by atoms with van der Waals surface area (Å²) in [6.07, 6.45) is 1.89. The predicted molar refractivity (Wildman–Crippen MR) is 98.0 cm³/mol. The van der Waals surface area contributed by atoms with Crippen LogP contribution in [0, 0.1) is 19.7 Å². The average molecular weight is 349 g/mol. The first-order chi connectivity index (χ1) is 12.5. The molecule has 0 aliphatic heterocycles. The zero-order chi connectivity index (χ0) is 18.3. The number of rotatable bonds is 3. The molecule has 1 heterocycles. The van der Waals surface area contributed by atoms with Gasteiger partial charge in [0.25, 0.3) is 5.91 Å². The number of amides is 1. The Bertz CT molecular complexity index is 975. The lowest BCUT2D eigenvalue weighted by molar-refractivity contribution is 0.0935. The van der Waals surface area contributed by atoms with Crippen molar-refractivity contribution in [3.63, 3.8) is 0 Å². The van der Waals surface area contributed by atoms with E-state index >= 15 is 0 Å². The molecule has 0 spiro atoms. The molecule has 0 fully saturated rings. The third kappa shape index (κ3) is 2.79. The van der Waals surface area contributed by atoms with E-state index in [1.165, 1.54) is 23.3 Å². The second kappa shape index (κ2) is 6.41. The molecule has 0 radical (unpaired) electrons. The topological polar surface area (TPSA) is 46.9 Å². The van der Waals surface area contributed by atoms with Crippen LogP contribution in [0.3, 0.4) is 0 Å². The van der Waals surface area contributed by atoms with E-state index < -0.39 is 0 Å². The smallest absolute Gasteiger partial charge is 0.255 e. The van der Waals surface area contributed by atoms with Gasteiger partial charge in [0.2, 0.25) is 0 Å². The maximum absolute atomic E-state index is 13.2. The van der Waals surface area contributed by atoms with E-state index in [0.717, 1.165) is 24.2 Å². The molecule has 4 rings (SSSR count). The minimum Gasteiger partial charge on any atom is -0.345 e. The largest absolute Gasteiger partial charge is 0.345 e. The van der Waals surface area contributed by atoms with Crippen LogP contribution in [0.2, 0.25) is 0 Å². The molecule has 5 heteroatoms. The summed E-state index contributed by atoms with van der Waals surface area (Å²) in [5.74, 6) is -0.414. The van der Waals surface area contributed by atoms with Gasteiger partial charge < -0.3 is 5.32 Å². The molecular formula is C21H20FN3O. The molecule has 0 bridgehead atoms. The quantitative estimate of drug-likeness (QED) is 0.775. The third-order valence-electron chi connectivity index (χ3n) is 5.03. The molecule has 0 saturated heterocycles. The van der Waals surface area contributed by atoms with Crippen molar-refractivity contribution in [3.8, 4) is 5.69 Å². The van der Waals surface area contributed by atoms with E-state index in [0.29, 0.717) is 11.3 Å². The van der Waals surface area contributed by atoms with Gasteiger partial charge >= 0.3 is 0 Å². The number of carbonyl (C=O) groups excluding carboxylic acids is 1. The highest BCUT2D eigenvalue weighted by molar-refractivity contribution is 5.96. The minimum absolute atomic E-state index is 0.0340. The van der Waals surface area contributed by atoms with E-state index in [1.54, 1.807) is 16.8 Å². The van der Waals surface area contributed by atoms with Crippen molar-refractivity contribution in [1.82, 2.24) is 15.1 Å². The van der Waals surface area contributed by atoms with Crippen LogP contribution in [0.1, 0.15) is 45.3 Å². The third-order valence-corrected chi connectivity index (χ3v) is 5.03. The Morgan fingerprint density at radius 2 is 1.88 bits per heavy atom. The Morgan fingerprint density at radius 3 is 2.65 bits per heavy atom. The summed E-state index contributed by atoms with van der Waals surface area (Å²) in [7, 11) is 0. The highest BCUT2D eigenvalue weighted by Gasteiger charge is 2.26. The fraction of sp³-hybridized carbons (Fsp3) is 0.238. The normalized spacial score (nSPS) is 15.7. The van der Waals surface area contributed by atoms with Crippen LogP contribution in [0.4, 0.5) is 4.39 Å². The Labute approximate surface area is 151 Å². The second-order valence-electron chi connectivity index (χ2n) is 6.70. The van der Waals surface area contributed by atoms with Crippen LogP contribution in [-0.4, -0.2) is 15.7 Å². The van der Waals surface area contributed by atoms with Crippen molar-refractivity contribution < 1.29 is 9.18 Å². The lowest BCUT2D eigenvalue weighted by atomic mass is 10.1. The van der Waals surface area contributed by atoms with Crippen molar-refractivity contribution in [2.45, 2.75) is 32.7 Å². The molecule has 26 heavy (non-hydrogen) atoms. The monoisotopic (exact) mass is 349 g/mol. The predicted octanol–water partition coefficient (Wildman–Crippen LogP) is 4.05. The fourth-order valence-corrected chi connectivity index (χ4v) is 3.74. The summed E-state index contributed by atoms with van der Waals surface area (Å²) >= 11 is 0. The minimum atomic E-state index is -0.298. The van der Waals surface area contributed by atoms with Crippen molar-refractivity contribution >= 4 is 5.91 Å². The highest BCUT2D eigenvalue weighted by atomic mass is 19.1. The number of hydrogen-bond acceptors (Lipinski definition) is 2. The van der Waals surface area contributed by atoms with Gasteiger partial charge in [-0.1, -0.05) is 24.3 Å². The van der Waals surface area contributed by atoms with Crippen LogP contribution in [0.25, 0.3) is 5.69 Å². The van der Waals surface area contributed by atoms with Gasteiger partial charge in [0.15, 0.2) is 0 Å². The summed E-state index contributed by atoms with van der Waals surface area (Å²) in [5, 5.41) is 7.64. The first-order valence-corrected chi connectivity index (χ1v) is 8.75. The number of halogens is 1. The van der Waals surface area contributed by atoms with E-state index in [2.05, 4.69) is 22.5 Å². The summed E-state index contributed by atoms with van der Waals surface area (Å²) in [6, 6.07) is 14.4. The van der Waals surface area contributed by atoms with Crippen LogP contribution < -0.4 is 5.32 Å². The van der Waals surface area contributed by atoms with Gasteiger partial charge in [-0.3, -0.25) is 4.79 Å². The van der Waals surface area contributed by atoms with Crippen LogP contribution in [-0.2, 0) is 6.42 Å². The number of fused-ring (bicyclic) bond motifs is 1. The molecule has 1 unspecified atom stereocenters. The first-order valence-electron chi connectivity index (χ1n) is 8.75. The maximum atomic E-state index is 13.2. The van der Waals surface area contributed by atoms with Crippen LogP contribution in [0.5, 0.6) is 0 Å². The molecule has 1 atom stereocenters. The lowest BCUT2D eigenvalue weighted by Crippen LogP contribution is -2.28. The second-order valence-corrected chi connectivity index (χ2v) is 6.70. The molecule has 3 aromatic rings. The van der Waals surface area contributed by atoms with Gasteiger partial charge in [0.05, 0.1) is 28.7 Å². The molecule has 132 valence electrons. The molecule has 0 saturated carbocycles. The molecule has 1 aromatic heterocycles. The molecule has 1 N–H and O–H groups in total. The number of carbonyl (C=O) groups is 1. The maximum Gasteiger partial charge on any atom is 0.255 e. The number of aromatic nitrogens is 2.